The highest BCUT2D eigenvalue weighted by Gasteiger charge is 2.20. The average molecular weight is 524 g/mol. The zero-order chi connectivity index (χ0) is 26.9. The van der Waals surface area contributed by atoms with Crippen LogP contribution >= 0.6 is 0 Å². The molecule has 190 valence electrons. The molecule has 2 heterocycles. The van der Waals surface area contributed by atoms with E-state index >= 15 is 0 Å². The van der Waals surface area contributed by atoms with Crippen molar-refractivity contribution in [2.45, 2.75) is 0 Å². The van der Waals surface area contributed by atoms with Crippen LogP contribution in [0, 0.1) is 0 Å². The fraction of sp³-hybridized carbons (Fsp3) is 0. The van der Waals surface area contributed by atoms with Gasteiger partial charge in [0, 0.05) is 32.8 Å². The van der Waals surface area contributed by atoms with Crippen LogP contribution in [0.3, 0.4) is 0 Å². The third-order valence-electron chi connectivity index (χ3n) is 8.05. The second kappa shape index (κ2) is 8.44. The molecule has 0 saturated heterocycles. The largest absolute Gasteiger partial charge is 0.455 e. The van der Waals surface area contributed by atoms with Crippen molar-refractivity contribution in [1.82, 2.24) is 15.0 Å². The predicted molar refractivity (Wildman–Crippen MR) is 167 cm³/mol. The van der Waals surface area contributed by atoms with Crippen molar-refractivity contribution in [3.05, 3.63) is 127 Å². The van der Waals surface area contributed by atoms with Crippen molar-refractivity contribution >= 4 is 54.3 Å². The summed E-state index contributed by atoms with van der Waals surface area (Å²) in [6.45, 7) is 0. The highest BCUT2D eigenvalue weighted by atomic mass is 16.3. The normalized spacial score (nSPS) is 11.9. The van der Waals surface area contributed by atoms with E-state index in [0.717, 1.165) is 38.6 Å². The monoisotopic (exact) mass is 523 g/mol. The first-order chi connectivity index (χ1) is 20.3. The third-order valence-corrected chi connectivity index (χ3v) is 8.05. The second-order valence-corrected chi connectivity index (χ2v) is 10.4. The van der Waals surface area contributed by atoms with Gasteiger partial charge in [0.05, 0.1) is 0 Å². The van der Waals surface area contributed by atoms with Crippen molar-refractivity contribution < 1.29 is 4.42 Å². The summed E-state index contributed by atoms with van der Waals surface area (Å²) in [5.41, 5.74) is 4.63. The lowest BCUT2D eigenvalue weighted by molar-refractivity contribution is 0.673. The Morgan fingerprint density at radius 1 is 0.390 bits per heavy atom. The molecule has 2 aromatic heterocycles. The molecular formula is C37H21N3O. The molecule has 0 amide bonds. The number of rotatable bonds is 3. The van der Waals surface area contributed by atoms with Crippen LogP contribution in [0.2, 0.25) is 0 Å². The molecule has 0 aliphatic heterocycles. The minimum atomic E-state index is 0.631. The molecule has 0 aliphatic rings. The van der Waals surface area contributed by atoms with E-state index in [1.165, 1.54) is 32.3 Å². The Morgan fingerprint density at radius 2 is 0.976 bits per heavy atom. The molecule has 0 saturated carbocycles. The van der Waals surface area contributed by atoms with E-state index in [1.54, 1.807) is 0 Å². The Morgan fingerprint density at radius 3 is 1.66 bits per heavy atom. The zero-order valence-corrected chi connectivity index (χ0v) is 21.9. The summed E-state index contributed by atoms with van der Waals surface area (Å²) >= 11 is 0. The molecule has 0 atom stereocenters. The van der Waals surface area contributed by atoms with Crippen LogP contribution < -0.4 is 0 Å². The topological polar surface area (TPSA) is 51.8 Å². The van der Waals surface area contributed by atoms with Gasteiger partial charge in [0.25, 0.3) is 0 Å². The first kappa shape index (κ1) is 22.2. The molecule has 0 aliphatic carbocycles. The molecule has 9 aromatic rings. The van der Waals surface area contributed by atoms with E-state index in [0.29, 0.717) is 17.5 Å². The molecular weight excluding hydrogens is 502 g/mol. The van der Waals surface area contributed by atoms with Gasteiger partial charge in [0.15, 0.2) is 17.5 Å². The molecule has 0 bridgehead atoms. The molecule has 0 spiro atoms. The minimum absolute atomic E-state index is 0.631. The standard InChI is InChI=1S/C37H21N3O/c1-3-10-22(11-4-1)35-38-36(23-12-5-2-6-13-23)40-37(39-35)25-19-18-24-20-30-27-15-8-7-14-26(27)28-16-9-17-31-32(28)33(30)34(41-31)29(24)21-25/h1-21H. The first-order valence-electron chi connectivity index (χ1n) is 13.7. The Balaban J connectivity index is 1.34. The number of nitrogens with zero attached hydrogens (tertiary/aromatic N) is 3. The molecule has 4 nitrogen and oxygen atoms in total. The number of aromatic nitrogens is 3. The number of fused-ring (bicyclic) bond motifs is 5. The Bertz CT molecular complexity index is 2350. The van der Waals surface area contributed by atoms with Gasteiger partial charge in [-0.25, -0.2) is 15.0 Å². The first-order valence-corrected chi connectivity index (χ1v) is 13.7. The lowest BCUT2D eigenvalue weighted by Crippen LogP contribution is -2.00. The van der Waals surface area contributed by atoms with Crippen LogP contribution in [0.5, 0.6) is 0 Å². The molecule has 4 heteroatoms. The summed E-state index contributed by atoms with van der Waals surface area (Å²) in [6, 6.07) is 43.8. The van der Waals surface area contributed by atoms with Gasteiger partial charge in [-0.3, -0.25) is 0 Å². The third kappa shape index (κ3) is 3.31. The maximum atomic E-state index is 6.62. The lowest BCUT2D eigenvalue weighted by Gasteiger charge is -2.11. The minimum Gasteiger partial charge on any atom is -0.455 e. The number of hydrogen-bond donors (Lipinski definition) is 0. The Labute approximate surface area is 234 Å². The van der Waals surface area contributed by atoms with Crippen molar-refractivity contribution in [2.75, 3.05) is 0 Å². The van der Waals surface area contributed by atoms with Gasteiger partial charge in [-0.15, -0.1) is 0 Å². The molecule has 0 radical (unpaired) electrons. The van der Waals surface area contributed by atoms with E-state index in [4.69, 9.17) is 19.4 Å². The lowest BCUT2D eigenvalue weighted by atomic mass is 9.92. The molecule has 0 unspecified atom stereocenters. The molecule has 0 fully saturated rings. The highest BCUT2D eigenvalue weighted by molar-refractivity contribution is 6.36. The molecule has 9 rings (SSSR count). The fourth-order valence-corrected chi connectivity index (χ4v) is 6.17. The van der Waals surface area contributed by atoms with E-state index in [-0.39, 0.29) is 0 Å². The predicted octanol–water partition coefficient (Wildman–Crippen LogP) is 9.67. The smallest absolute Gasteiger partial charge is 0.164 e. The van der Waals surface area contributed by atoms with Crippen LogP contribution in [0.4, 0.5) is 0 Å². The van der Waals surface area contributed by atoms with E-state index < -0.39 is 0 Å². The molecule has 7 aromatic carbocycles. The van der Waals surface area contributed by atoms with Crippen molar-refractivity contribution in [3.63, 3.8) is 0 Å². The number of hydrogen-bond acceptors (Lipinski definition) is 4. The van der Waals surface area contributed by atoms with Crippen molar-refractivity contribution in [2.24, 2.45) is 0 Å². The Kier molecular flexibility index (Phi) is 4.58. The van der Waals surface area contributed by atoms with E-state index in [9.17, 15) is 0 Å². The van der Waals surface area contributed by atoms with Crippen LogP contribution in [-0.2, 0) is 0 Å². The number of benzene rings is 7. The van der Waals surface area contributed by atoms with E-state index in [2.05, 4.69) is 66.7 Å². The summed E-state index contributed by atoms with van der Waals surface area (Å²) < 4.78 is 6.62. The van der Waals surface area contributed by atoms with Gasteiger partial charge in [-0.1, -0.05) is 109 Å². The van der Waals surface area contributed by atoms with Crippen LogP contribution in [0.1, 0.15) is 0 Å². The number of furan rings is 1. The molecule has 41 heavy (non-hydrogen) atoms. The van der Waals surface area contributed by atoms with Gasteiger partial charge < -0.3 is 4.42 Å². The summed E-state index contributed by atoms with van der Waals surface area (Å²) in [6.07, 6.45) is 0. The van der Waals surface area contributed by atoms with Gasteiger partial charge in [0.1, 0.15) is 11.2 Å². The highest BCUT2D eigenvalue weighted by Crippen LogP contribution is 2.45. The zero-order valence-electron chi connectivity index (χ0n) is 21.9. The summed E-state index contributed by atoms with van der Waals surface area (Å²) in [5, 5.41) is 9.44. The quantitative estimate of drug-likeness (QED) is 0.171. The van der Waals surface area contributed by atoms with Gasteiger partial charge >= 0.3 is 0 Å². The van der Waals surface area contributed by atoms with Crippen LogP contribution in [0.25, 0.3) is 88.4 Å². The maximum Gasteiger partial charge on any atom is 0.164 e. The second-order valence-electron chi connectivity index (χ2n) is 10.4. The maximum absolute atomic E-state index is 6.62. The Hall–Kier alpha value is -5.61. The van der Waals surface area contributed by atoms with Gasteiger partial charge in [-0.05, 0) is 45.1 Å². The SMILES string of the molecule is c1ccc(-c2nc(-c3ccccc3)nc(-c3ccc4cc5c6ccccc6c6cccc7oc(c4c3)c5c76)n2)cc1. The van der Waals surface area contributed by atoms with Crippen molar-refractivity contribution in [1.29, 1.82) is 0 Å². The summed E-state index contributed by atoms with van der Waals surface area (Å²) in [4.78, 5) is 14.7. The van der Waals surface area contributed by atoms with Gasteiger partial charge in [-0.2, -0.15) is 0 Å². The summed E-state index contributed by atoms with van der Waals surface area (Å²) in [7, 11) is 0. The summed E-state index contributed by atoms with van der Waals surface area (Å²) in [5.74, 6) is 1.93. The van der Waals surface area contributed by atoms with Crippen molar-refractivity contribution in [3.8, 4) is 34.2 Å². The van der Waals surface area contributed by atoms with Crippen LogP contribution in [0.15, 0.2) is 132 Å². The molecule has 0 N–H and O–H groups in total. The fourth-order valence-electron chi connectivity index (χ4n) is 6.17. The van der Waals surface area contributed by atoms with E-state index in [1.807, 2.05) is 60.7 Å². The average Bonchev–Trinajstić information content (AvgIpc) is 3.45. The van der Waals surface area contributed by atoms with Gasteiger partial charge in [0.2, 0.25) is 0 Å². The van der Waals surface area contributed by atoms with Crippen LogP contribution in [-0.4, -0.2) is 15.0 Å².